The predicted octanol–water partition coefficient (Wildman–Crippen LogP) is 5.10. The summed E-state index contributed by atoms with van der Waals surface area (Å²) < 4.78 is 2.25. The maximum Gasteiger partial charge on any atom is 0.410 e. The number of allylic oxidation sites excluding steroid dienone is 1. The van der Waals surface area contributed by atoms with E-state index < -0.39 is 0 Å². The fraction of sp³-hybridized carbons (Fsp3) is 0.667. The van der Waals surface area contributed by atoms with Crippen LogP contribution in [-0.2, 0) is 6.42 Å². The number of aromatic nitrogens is 1. The van der Waals surface area contributed by atoms with E-state index in [0.717, 1.165) is 19.3 Å². The Morgan fingerprint density at radius 1 is 1.28 bits per heavy atom. The molecule has 1 unspecified atom stereocenters. The fourth-order valence-corrected chi connectivity index (χ4v) is 4.27. The average Bonchev–Trinajstić information content (AvgIpc) is 2.65. The van der Waals surface area contributed by atoms with Crippen LogP contribution in [0, 0.1) is 0 Å². The Balaban J connectivity index is 2.55. The lowest BCUT2D eigenvalue weighted by Crippen LogP contribution is -2.75. The zero-order chi connectivity index (χ0) is 18.4. The molecule has 0 bridgehead atoms. The minimum Gasteiger partial charge on any atom is -0.293 e. The number of hydrogen-bond donors (Lipinski definition) is 1. The van der Waals surface area contributed by atoms with Gasteiger partial charge in [-0.2, -0.15) is 0 Å². The molecule has 1 aromatic rings. The zero-order valence-electron chi connectivity index (χ0n) is 17.2. The molecule has 0 aliphatic carbocycles. The number of hydrogen-bond acceptors (Lipinski definition) is 2. The molecule has 0 saturated heterocycles. The standard InChI is InChI=1S/C21H37BN3/c1-7-12-13-19-14-16-25-20(17-19)24(15-8-2)22(18(6)9-3)21(10-4,11-5)23-25/h8,14-18,23H,7,9-13H2,1-6H3/q+1. The molecule has 25 heavy (non-hydrogen) atoms. The Morgan fingerprint density at radius 2 is 2.00 bits per heavy atom. The summed E-state index contributed by atoms with van der Waals surface area (Å²) >= 11 is 0. The number of rotatable bonds is 8. The van der Waals surface area contributed by atoms with Gasteiger partial charge in [-0.15, -0.1) is 4.68 Å². The summed E-state index contributed by atoms with van der Waals surface area (Å²) in [6.07, 6.45) is 13.8. The SMILES string of the molecule is CC=CN1B(C(C)CC)C(CC)(CC)N[n+]2ccc(CCCC)cc21. The summed E-state index contributed by atoms with van der Waals surface area (Å²) in [7, 11) is 0. The molecule has 0 radical (unpaired) electrons. The number of nitrogens with one attached hydrogen (secondary N) is 1. The number of nitrogens with zero attached hydrogens (tertiary/aromatic N) is 2. The van der Waals surface area contributed by atoms with E-state index in [0.29, 0.717) is 12.7 Å². The van der Waals surface area contributed by atoms with Gasteiger partial charge < -0.3 is 0 Å². The van der Waals surface area contributed by atoms with Crippen LogP contribution in [0.3, 0.4) is 0 Å². The van der Waals surface area contributed by atoms with Gasteiger partial charge in [-0.05, 0) is 50.1 Å². The van der Waals surface area contributed by atoms with Crippen molar-refractivity contribution in [1.29, 1.82) is 0 Å². The smallest absolute Gasteiger partial charge is 0.293 e. The summed E-state index contributed by atoms with van der Waals surface area (Å²) in [5.74, 6) is 1.89. The molecule has 3 nitrogen and oxygen atoms in total. The van der Waals surface area contributed by atoms with Crippen molar-refractivity contribution < 1.29 is 4.68 Å². The zero-order valence-corrected chi connectivity index (χ0v) is 17.2. The lowest BCUT2D eigenvalue weighted by molar-refractivity contribution is -0.644. The van der Waals surface area contributed by atoms with Crippen molar-refractivity contribution in [2.24, 2.45) is 0 Å². The maximum absolute atomic E-state index is 3.89. The molecule has 1 aromatic heterocycles. The van der Waals surface area contributed by atoms with E-state index in [1.54, 1.807) is 0 Å². The minimum absolute atomic E-state index is 0.0948. The van der Waals surface area contributed by atoms with Crippen molar-refractivity contribution in [3.05, 3.63) is 36.2 Å². The second-order valence-corrected chi connectivity index (χ2v) is 7.56. The van der Waals surface area contributed by atoms with Gasteiger partial charge in [-0.3, -0.25) is 10.2 Å². The van der Waals surface area contributed by atoms with Gasteiger partial charge in [0.15, 0.2) is 0 Å². The van der Waals surface area contributed by atoms with E-state index in [4.69, 9.17) is 0 Å². The number of anilines is 1. The van der Waals surface area contributed by atoms with Gasteiger partial charge in [-0.1, -0.05) is 53.5 Å². The van der Waals surface area contributed by atoms with E-state index in [9.17, 15) is 0 Å². The Morgan fingerprint density at radius 3 is 2.56 bits per heavy atom. The van der Waals surface area contributed by atoms with Gasteiger partial charge in [0.25, 0.3) is 5.82 Å². The van der Waals surface area contributed by atoms with Crippen LogP contribution >= 0.6 is 0 Å². The molecule has 1 aliphatic heterocycles. The van der Waals surface area contributed by atoms with Crippen LogP contribution in [0.15, 0.2) is 30.6 Å². The quantitative estimate of drug-likeness (QED) is 0.523. The molecular weight excluding hydrogens is 305 g/mol. The minimum atomic E-state index is 0.0948. The molecule has 1 atom stereocenters. The molecule has 0 fully saturated rings. The van der Waals surface area contributed by atoms with Crippen molar-refractivity contribution in [2.45, 2.75) is 91.3 Å². The molecule has 2 rings (SSSR count). The second-order valence-electron chi connectivity index (χ2n) is 7.56. The first-order valence-corrected chi connectivity index (χ1v) is 10.3. The van der Waals surface area contributed by atoms with E-state index in [1.807, 2.05) is 0 Å². The molecule has 0 amide bonds. The molecule has 4 heteroatoms. The lowest BCUT2D eigenvalue weighted by atomic mass is 9.36. The van der Waals surface area contributed by atoms with E-state index >= 15 is 0 Å². The highest BCUT2D eigenvalue weighted by Crippen LogP contribution is 2.36. The number of fused-ring (bicyclic) bond motifs is 1. The van der Waals surface area contributed by atoms with Crippen LogP contribution < -0.4 is 14.9 Å². The summed E-state index contributed by atoms with van der Waals surface area (Å²) in [6.45, 7) is 14.2. The van der Waals surface area contributed by atoms with Crippen LogP contribution in [0.25, 0.3) is 0 Å². The third-order valence-electron chi connectivity index (χ3n) is 6.05. The normalized spacial score (nSPS) is 17.5. The monoisotopic (exact) mass is 342 g/mol. The summed E-state index contributed by atoms with van der Waals surface area (Å²) in [6, 6.07) is 4.66. The predicted molar refractivity (Wildman–Crippen MR) is 111 cm³/mol. The van der Waals surface area contributed by atoms with Crippen molar-refractivity contribution in [2.75, 3.05) is 10.2 Å². The number of unbranched alkanes of at least 4 members (excludes halogenated alkanes) is 1. The van der Waals surface area contributed by atoms with Gasteiger partial charge in [-0.25, -0.2) is 0 Å². The summed E-state index contributed by atoms with van der Waals surface area (Å²) in [4.78, 5) is 2.53. The molecule has 0 spiro atoms. The van der Waals surface area contributed by atoms with Crippen LogP contribution in [0.4, 0.5) is 5.82 Å². The third kappa shape index (κ3) is 3.88. The van der Waals surface area contributed by atoms with Gasteiger partial charge in [0.05, 0.1) is 11.6 Å². The molecular formula is C21H37BN3+. The van der Waals surface area contributed by atoms with Crippen LogP contribution in [0.5, 0.6) is 0 Å². The maximum atomic E-state index is 3.89. The Labute approximate surface area is 155 Å². The van der Waals surface area contributed by atoms with E-state index in [-0.39, 0.29) is 5.44 Å². The first kappa shape index (κ1) is 19.9. The molecule has 2 heterocycles. The third-order valence-corrected chi connectivity index (χ3v) is 6.05. The van der Waals surface area contributed by atoms with Crippen molar-refractivity contribution in [3.63, 3.8) is 0 Å². The van der Waals surface area contributed by atoms with Crippen molar-refractivity contribution in [3.8, 4) is 0 Å². The Hall–Kier alpha value is -1.45. The highest BCUT2D eigenvalue weighted by atomic mass is 15.5. The highest BCUT2D eigenvalue weighted by Gasteiger charge is 2.56. The average molecular weight is 342 g/mol. The van der Waals surface area contributed by atoms with E-state index in [2.05, 4.69) is 87.1 Å². The van der Waals surface area contributed by atoms with Crippen molar-refractivity contribution in [1.82, 2.24) is 0 Å². The molecule has 0 saturated carbocycles. The lowest BCUT2D eigenvalue weighted by Gasteiger charge is -2.44. The van der Waals surface area contributed by atoms with Crippen LogP contribution in [0.1, 0.15) is 79.2 Å². The number of pyridine rings is 1. The molecule has 0 aromatic carbocycles. The summed E-state index contributed by atoms with van der Waals surface area (Å²) in [5.41, 5.74) is 5.42. The highest BCUT2D eigenvalue weighted by molar-refractivity contribution is 6.69. The van der Waals surface area contributed by atoms with Crippen LogP contribution in [0.2, 0.25) is 5.82 Å². The molecule has 138 valence electrons. The van der Waals surface area contributed by atoms with Crippen molar-refractivity contribution >= 4 is 12.7 Å². The topological polar surface area (TPSA) is 19.1 Å². The first-order chi connectivity index (χ1) is 12.1. The van der Waals surface area contributed by atoms with Gasteiger partial charge >= 0.3 is 6.85 Å². The second kappa shape index (κ2) is 8.78. The number of aryl methyl sites for hydroxylation is 1. The molecule has 1 N–H and O–H groups in total. The van der Waals surface area contributed by atoms with Gasteiger partial charge in [0.2, 0.25) is 0 Å². The van der Waals surface area contributed by atoms with Gasteiger partial charge in [0, 0.05) is 6.07 Å². The largest absolute Gasteiger partial charge is 0.410 e. The Kier molecular flexibility index (Phi) is 6.98. The van der Waals surface area contributed by atoms with Crippen LogP contribution in [-0.4, -0.2) is 12.3 Å². The Bertz CT molecular complexity index is 581. The first-order valence-electron chi connectivity index (χ1n) is 10.3. The van der Waals surface area contributed by atoms with Gasteiger partial charge in [0.1, 0.15) is 6.20 Å². The summed E-state index contributed by atoms with van der Waals surface area (Å²) in [5, 5.41) is 0. The molecule has 1 aliphatic rings. The van der Waals surface area contributed by atoms with E-state index in [1.165, 1.54) is 30.6 Å². The fourth-order valence-electron chi connectivity index (χ4n) is 4.27.